The number of benzene rings is 2. The van der Waals surface area contributed by atoms with Gasteiger partial charge < -0.3 is 10.1 Å². The lowest BCUT2D eigenvalue weighted by molar-refractivity contribution is 0.467. The van der Waals surface area contributed by atoms with E-state index in [1.165, 1.54) is 0 Å². The first kappa shape index (κ1) is 16.8. The molecule has 0 aromatic heterocycles. The molecule has 0 saturated carbocycles. The minimum absolute atomic E-state index is 0.517. The van der Waals surface area contributed by atoms with Gasteiger partial charge in [-0.2, -0.15) is 0 Å². The predicted octanol–water partition coefficient (Wildman–Crippen LogP) is 6.10. The first-order valence-electron chi connectivity index (χ1n) is 8.87. The number of rotatable bonds is 3. The highest BCUT2D eigenvalue weighted by molar-refractivity contribution is 6.03. The molecule has 0 saturated heterocycles. The monoisotopic (exact) mass is 349 g/mol. The fourth-order valence-corrected chi connectivity index (χ4v) is 2.89. The molecule has 1 aliphatic heterocycles. The van der Waals surface area contributed by atoms with Crippen molar-refractivity contribution in [3.63, 3.8) is 0 Å². The lowest BCUT2D eigenvalue weighted by atomic mass is 10.0. The van der Waals surface area contributed by atoms with E-state index in [4.69, 9.17) is 10.1 Å². The third-order valence-electron chi connectivity index (χ3n) is 4.31. The van der Waals surface area contributed by atoms with Crippen LogP contribution in [0.5, 0.6) is 0 Å². The van der Waals surface area contributed by atoms with E-state index in [-0.39, 0.29) is 0 Å². The second-order valence-electron chi connectivity index (χ2n) is 6.31. The second kappa shape index (κ2) is 7.71. The molecule has 2 nitrogen and oxygen atoms in total. The van der Waals surface area contributed by atoms with Crippen LogP contribution in [-0.2, 0) is 4.74 Å². The zero-order valence-corrected chi connectivity index (χ0v) is 14.8. The largest absolute Gasteiger partial charge is 0.456 e. The van der Waals surface area contributed by atoms with Gasteiger partial charge in [0.25, 0.3) is 0 Å². The molecule has 0 atom stereocenters. The summed E-state index contributed by atoms with van der Waals surface area (Å²) in [5.74, 6) is 1.66. The Bertz CT molecular complexity index is 957. The number of nitrogens with one attached hydrogen (secondary N) is 1. The van der Waals surface area contributed by atoms with Crippen LogP contribution in [0, 0.1) is 5.41 Å². The van der Waals surface area contributed by atoms with Gasteiger partial charge in [0.1, 0.15) is 11.5 Å². The van der Waals surface area contributed by atoms with Crippen LogP contribution in [-0.4, -0.2) is 5.71 Å². The molecule has 2 aliphatic rings. The van der Waals surface area contributed by atoms with Crippen molar-refractivity contribution in [2.75, 3.05) is 0 Å². The molecule has 0 unspecified atom stereocenters. The molecular formula is C25H19NO. The van der Waals surface area contributed by atoms with Crippen LogP contribution in [0.2, 0.25) is 0 Å². The molecule has 4 rings (SSSR count). The van der Waals surface area contributed by atoms with E-state index in [9.17, 15) is 0 Å². The van der Waals surface area contributed by atoms with Crippen LogP contribution in [0.25, 0.3) is 11.5 Å². The van der Waals surface area contributed by atoms with Crippen molar-refractivity contribution >= 4 is 17.2 Å². The smallest absolute Gasteiger partial charge is 0.135 e. The van der Waals surface area contributed by atoms with Gasteiger partial charge in [-0.1, -0.05) is 85.0 Å². The number of ether oxygens (including phenoxy) is 1. The van der Waals surface area contributed by atoms with E-state index >= 15 is 0 Å². The van der Waals surface area contributed by atoms with Gasteiger partial charge in [-0.3, -0.25) is 0 Å². The molecule has 2 aromatic carbocycles. The topological polar surface area (TPSA) is 33.1 Å². The van der Waals surface area contributed by atoms with Crippen molar-refractivity contribution in [3.05, 3.63) is 132 Å². The zero-order chi connectivity index (χ0) is 18.5. The Morgan fingerprint density at radius 1 is 0.593 bits per heavy atom. The van der Waals surface area contributed by atoms with E-state index in [2.05, 4.69) is 24.3 Å². The van der Waals surface area contributed by atoms with Gasteiger partial charge in [-0.25, -0.2) is 0 Å². The molecule has 0 fully saturated rings. The highest BCUT2D eigenvalue weighted by Crippen LogP contribution is 2.32. The summed E-state index contributed by atoms with van der Waals surface area (Å²) in [6.45, 7) is 0. The van der Waals surface area contributed by atoms with E-state index in [0.29, 0.717) is 5.71 Å². The van der Waals surface area contributed by atoms with E-state index in [0.717, 1.165) is 33.8 Å². The van der Waals surface area contributed by atoms with Crippen LogP contribution in [0.1, 0.15) is 11.1 Å². The molecule has 0 radical (unpaired) electrons. The van der Waals surface area contributed by atoms with Gasteiger partial charge in [0.15, 0.2) is 0 Å². The Balaban J connectivity index is 1.72. The van der Waals surface area contributed by atoms with Crippen molar-refractivity contribution in [1.29, 1.82) is 5.41 Å². The van der Waals surface area contributed by atoms with Crippen LogP contribution in [0.3, 0.4) is 0 Å². The summed E-state index contributed by atoms with van der Waals surface area (Å²) in [7, 11) is 0. The summed E-state index contributed by atoms with van der Waals surface area (Å²) >= 11 is 0. The maximum atomic E-state index is 7.60. The standard InChI is InChI=1S/C25H19NO/c26-23-15-13-19(14-16-23)11-12-20-17-24(21-7-3-1-4-8-21)27-25(18-20)22-9-5-2-6-10-22/h1-18,26H. The third kappa shape index (κ3) is 4.13. The van der Waals surface area contributed by atoms with Crippen LogP contribution in [0.4, 0.5) is 0 Å². The lowest BCUT2D eigenvalue weighted by Gasteiger charge is -2.19. The highest BCUT2D eigenvalue weighted by atomic mass is 16.5. The van der Waals surface area contributed by atoms with Gasteiger partial charge in [0.2, 0.25) is 0 Å². The minimum atomic E-state index is 0.517. The van der Waals surface area contributed by atoms with Crippen LogP contribution in [0.15, 0.2) is 120 Å². The van der Waals surface area contributed by atoms with Crippen molar-refractivity contribution in [3.8, 4) is 0 Å². The Hall–Kier alpha value is -3.65. The van der Waals surface area contributed by atoms with Crippen LogP contribution < -0.4 is 0 Å². The number of allylic oxidation sites excluding steroid dienone is 10. The summed E-state index contributed by atoms with van der Waals surface area (Å²) in [6.07, 6.45) is 15.7. The molecule has 1 N–H and O–H groups in total. The predicted molar refractivity (Wildman–Crippen MR) is 112 cm³/mol. The van der Waals surface area contributed by atoms with Gasteiger partial charge >= 0.3 is 0 Å². The minimum Gasteiger partial charge on any atom is -0.456 e. The molecule has 2 heteroatoms. The van der Waals surface area contributed by atoms with E-state index in [1.54, 1.807) is 12.2 Å². The summed E-state index contributed by atoms with van der Waals surface area (Å²) in [6, 6.07) is 20.2. The van der Waals surface area contributed by atoms with Gasteiger partial charge in [0, 0.05) is 11.1 Å². The summed E-state index contributed by atoms with van der Waals surface area (Å²) < 4.78 is 6.20. The third-order valence-corrected chi connectivity index (χ3v) is 4.31. The fourth-order valence-electron chi connectivity index (χ4n) is 2.89. The van der Waals surface area contributed by atoms with E-state index < -0.39 is 0 Å². The lowest BCUT2D eigenvalue weighted by Crippen LogP contribution is -1.99. The summed E-state index contributed by atoms with van der Waals surface area (Å²) in [5.41, 5.74) is 4.73. The molecule has 0 amide bonds. The molecule has 1 aliphatic carbocycles. The van der Waals surface area contributed by atoms with Gasteiger partial charge in [0.05, 0.1) is 5.71 Å². The normalized spacial score (nSPS) is 15.8. The van der Waals surface area contributed by atoms with Crippen molar-refractivity contribution in [2.24, 2.45) is 0 Å². The SMILES string of the molecule is N=C1C=CC(=CC=C2C=C(c3ccccc3)OC(c3ccccc3)=C2)C=C1. The van der Waals surface area contributed by atoms with Crippen LogP contribution >= 0.6 is 0 Å². The molecule has 2 aromatic rings. The average molecular weight is 349 g/mol. The van der Waals surface area contributed by atoms with Crippen molar-refractivity contribution in [2.45, 2.75) is 0 Å². The second-order valence-corrected chi connectivity index (χ2v) is 6.31. The molecular weight excluding hydrogens is 330 g/mol. The molecule has 0 bridgehead atoms. The maximum absolute atomic E-state index is 7.60. The maximum Gasteiger partial charge on any atom is 0.135 e. The molecule has 130 valence electrons. The first-order valence-corrected chi connectivity index (χ1v) is 8.87. The van der Waals surface area contributed by atoms with Gasteiger partial charge in [-0.05, 0) is 35.5 Å². The van der Waals surface area contributed by atoms with Crippen molar-refractivity contribution < 1.29 is 4.74 Å². The Kier molecular flexibility index (Phi) is 4.80. The molecule has 0 spiro atoms. The molecule has 1 heterocycles. The Morgan fingerprint density at radius 2 is 1.07 bits per heavy atom. The Morgan fingerprint density at radius 3 is 1.59 bits per heavy atom. The zero-order valence-electron chi connectivity index (χ0n) is 14.8. The summed E-state index contributed by atoms with van der Waals surface area (Å²) in [4.78, 5) is 0. The number of hydrogen-bond donors (Lipinski definition) is 1. The first-order chi connectivity index (χ1) is 13.3. The molecule has 27 heavy (non-hydrogen) atoms. The number of hydrogen-bond acceptors (Lipinski definition) is 2. The van der Waals surface area contributed by atoms with E-state index in [1.807, 2.05) is 72.8 Å². The average Bonchev–Trinajstić information content (AvgIpc) is 2.74. The summed E-state index contributed by atoms with van der Waals surface area (Å²) in [5, 5.41) is 7.60. The highest BCUT2D eigenvalue weighted by Gasteiger charge is 2.14. The fraction of sp³-hybridized carbons (Fsp3) is 0. The van der Waals surface area contributed by atoms with Gasteiger partial charge in [-0.15, -0.1) is 0 Å². The van der Waals surface area contributed by atoms with Crippen molar-refractivity contribution in [1.82, 2.24) is 0 Å². The Labute approximate surface area is 159 Å². The quantitative estimate of drug-likeness (QED) is 0.714.